The largest absolute Gasteiger partial charge is 0.309 e. The second-order valence-electron chi connectivity index (χ2n) is 5.25. The van der Waals surface area contributed by atoms with E-state index < -0.39 is 0 Å². The Morgan fingerprint density at radius 2 is 2.20 bits per heavy atom. The molecule has 0 saturated heterocycles. The van der Waals surface area contributed by atoms with Crippen LogP contribution in [0, 0.1) is 13.8 Å². The molecule has 0 aliphatic carbocycles. The lowest BCUT2D eigenvalue weighted by molar-refractivity contribution is 0.503. The van der Waals surface area contributed by atoms with Crippen molar-refractivity contribution in [1.82, 2.24) is 20.1 Å². The van der Waals surface area contributed by atoms with Gasteiger partial charge < -0.3 is 5.32 Å². The van der Waals surface area contributed by atoms with Gasteiger partial charge in [-0.1, -0.05) is 6.92 Å². The zero-order valence-electron chi connectivity index (χ0n) is 12.8. The molecule has 0 saturated carbocycles. The van der Waals surface area contributed by atoms with Gasteiger partial charge in [-0.3, -0.25) is 4.68 Å². The molecule has 20 heavy (non-hydrogen) atoms. The van der Waals surface area contributed by atoms with E-state index in [1.807, 2.05) is 29.3 Å². The fourth-order valence-electron chi connectivity index (χ4n) is 2.43. The normalized spacial score (nSPS) is 12.8. The highest BCUT2D eigenvalue weighted by molar-refractivity contribution is 7.11. The maximum absolute atomic E-state index is 4.56. The van der Waals surface area contributed by atoms with Gasteiger partial charge in [-0.15, -0.1) is 11.3 Å². The molecule has 0 aromatic carbocycles. The Kier molecular flexibility index (Phi) is 5.31. The zero-order valence-corrected chi connectivity index (χ0v) is 13.6. The Hall–Kier alpha value is -1.20. The van der Waals surface area contributed by atoms with E-state index in [0.29, 0.717) is 6.04 Å². The average Bonchev–Trinajstić information content (AvgIpc) is 2.96. The molecule has 0 aliphatic rings. The van der Waals surface area contributed by atoms with Crippen LogP contribution in [-0.2, 0) is 13.5 Å². The lowest BCUT2D eigenvalue weighted by atomic mass is 10.1. The molecule has 1 unspecified atom stereocenters. The zero-order chi connectivity index (χ0) is 14.5. The summed E-state index contributed by atoms with van der Waals surface area (Å²) < 4.78 is 1.87. The van der Waals surface area contributed by atoms with Crippen LogP contribution >= 0.6 is 11.3 Å². The van der Waals surface area contributed by atoms with Crippen LogP contribution in [0.3, 0.4) is 0 Å². The Bertz CT molecular complexity index is 544. The third kappa shape index (κ3) is 3.90. The van der Waals surface area contributed by atoms with Crippen molar-refractivity contribution in [3.8, 4) is 0 Å². The maximum atomic E-state index is 4.56. The molecule has 0 spiro atoms. The van der Waals surface area contributed by atoms with E-state index in [2.05, 4.69) is 42.4 Å². The fraction of sp³-hybridized carbons (Fsp3) is 0.600. The minimum Gasteiger partial charge on any atom is -0.309 e. The maximum Gasteiger partial charge on any atom is 0.0900 e. The lowest BCUT2D eigenvalue weighted by Crippen LogP contribution is -2.22. The third-order valence-corrected chi connectivity index (χ3v) is 4.56. The first-order valence-electron chi connectivity index (χ1n) is 7.25. The van der Waals surface area contributed by atoms with Gasteiger partial charge in [0.2, 0.25) is 0 Å². The summed E-state index contributed by atoms with van der Waals surface area (Å²) in [6.45, 7) is 7.45. The molecular weight excluding hydrogens is 268 g/mol. The van der Waals surface area contributed by atoms with Gasteiger partial charge in [0.15, 0.2) is 0 Å². The molecule has 4 nitrogen and oxygen atoms in total. The second-order valence-corrected chi connectivity index (χ2v) is 6.48. The minimum atomic E-state index is 0.404. The van der Waals surface area contributed by atoms with Crippen LogP contribution in [0.25, 0.3) is 0 Å². The van der Waals surface area contributed by atoms with E-state index in [4.69, 9.17) is 0 Å². The van der Waals surface area contributed by atoms with Gasteiger partial charge >= 0.3 is 0 Å². The van der Waals surface area contributed by atoms with Gasteiger partial charge in [-0.2, -0.15) is 5.10 Å². The monoisotopic (exact) mass is 292 g/mol. The topological polar surface area (TPSA) is 42.7 Å². The Balaban J connectivity index is 2.05. The SMILES string of the molecule is CCCNC(CCc1cnn(C)c1)c1sc(C)nc1C. The van der Waals surface area contributed by atoms with Gasteiger partial charge in [-0.25, -0.2) is 4.98 Å². The number of hydrogen-bond acceptors (Lipinski definition) is 4. The van der Waals surface area contributed by atoms with Gasteiger partial charge in [0.25, 0.3) is 0 Å². The molecule has 1 N–H and O–H groups in total. The van der Waals surface area contributed by atoms with Crippen LogP contribution in [0.5, 0.6) is 0 Å². The van der Waals surface area contributed by atoms with Crippen molar-refractivity contribution in [3.63, 3.8) is 0 Å². The number of rotatable bonds is 7. The van der Waals surface area contributed by atoms with Gasteiger partial charge in [0, 0.05) is 24.2 Å². The van der Waals surface area contributed by atoms with Crippen molar-refractivity contribution >= 4 is 11.3 Å². The molecule has 0 aliphatic heterocycles. The quantitative estimate of drug-likeness (QED) is 0.852. The van der Waals surface area contributed by atoms with Crippen molar-refractivity contribution < 1.29 is 0 Å². The summed E-state index contributed by atoms with van der Waals surface area (Å²) in [5, 5.41) is 9.05. The first-order chi connectivity index (χ1) is 9.60. The lowest BCUT2D eigenvalue weighted by Gasteiger charge is -2.17. The molecule has 0 amide bonds. The Morgan fingerprint density at radius 1 is 1.40 bits per heavy atom. The predicted molar refractivity (Wildman–Crippen MR) is 84.2 cm³/mol. The van der Waals surface area contributed by atoms with Crippen LogP contribution in [0.4, 0.5) is 0 Å². The summed E-state index contributed by atoms with van der Waals surface area (Å²) in [7, 11) is 1.97. The van der Waals surface area contributed by atoms with Crippen molar-refractivity contribution in [2.24, 2.45) is 7.05 Å². The second kappa shape index (κ2) is 6.99. The van der Waals surface area contributed by atoms with Gasteiger partial charge in [-0.05, 0) is 45.2 Å². The molecule has 110 valence electrons. The first-order valence-corrected chi connectivity index (χ1v) is 8.06. The van der Waals surface area contributed by atoms with E-state index in [-0.39, 0.29) is 0 Å². The van der Waals surface area contributed by atoms with Crippen molar-refractivity contribution in [1.29, 1.82) is 0 Å². The van der Waals surface area contributed by atoms with Crippen LogP contribution in [0.15, 0.2) is 12.4 Å². The molecule has 2 aromatic heterocycles. The fourth-order valence-corrected chi connectivity index (χ4v) is 3.46. The van der Waals surface area contributed by atoms with E-state index in [0.717, 1.165) is 30.8 Å². The number of aromatic nitrogens is 3. The summed E-state index contributed by atoms with van der Waals surface area (Å²) in [5.74, 6) is 0. The van der Waals surface area contributed by atoms with E-state index in [1.165, 1.54) is 16.1 Å². The summed E-state index contributed by atoms with van der Waals surface area (Å²) in [5.41, 5.74) is 2.47. The Labute approximate surface area is 125 Å². The smallest absolute Gasteiger partial charge is 0.0900 e. The number of nitrogens with zero attached hydrogens (tertiary/aromatic N) is 3. The van der Waals surface area contributed by atoms with E-state index in [1.54, 1.807) is 0 Å². The van der Waals surface area contributed by atoms with Crippen molar-refractivity contribution in [3.05, 3.63) is 33.5 Å². The summed E-state index contributed by atoms with van der Waals surface area (Å²) in [4.78, 5) is 5.95. The van der Waals surface area contributed by atoms with Crippen LogP contribution < -0.4 is 5.32 Å². The molecule has 0 bridgehead atoms. The molecular formula is C15H24N4S. The molecule has 1 atom stereocenters. The van der Waals surface area contributed by atoms with Crippen LogP contribution in [0.1, 0.15) is 46.9 Å². The third-order valence-electron chi connectivity index (χ3n) is 3.38. The van der Waals surface area contributed by atoms with E-state index in [9.17, 15) is 0 Å². The molecule has 5 heteroatoms. The molecule has 0 fully saturated rings. The van der Waals surface area contributed by atoms with Crippen molar-refractivity contribution in [2.75, 3.05) is 6.54 Å². The highest BCUT2D eigenvalue weighted by atomic mass is 32.1. The number of aryl methyl sites for hydroxylation is 4. The average molecular weight is 292 g/mol. The summed E-state index contributed by atoms with van der Waals surface area (Å²) in [6, 6.07) is 0.404. The summed E-state index contributed by atoms with van der Waals surface area (Å²) >= 11 is 1.82. The molecule has 2 heterocycles. The highest BCUT2D eigenvalue weighted by Gasteiger charge is 2.17. The standard InChI is InChI=1S/C15H24N4S/c1-5-8-16-14(15-11(2)18-12(3)20-15)7-6-13-9-17-19(4)10-13/h9-10,14,16H,5-8H2,1-4H3. The summed E-state index contributed by atoms with van der Waals surface area (Å²) in [6.07, 6.45) is 7.35. The van der Waals surface area contributed by atoms with E-state index >= 15 is 0 Å². The highest BCUT2D eigenvalue weighted by Crippen LogP contribution is 2.28. The molecule has 0 radical (unpaired) electrons. The molecule has 2 rings (SSSR count). The first kappa shape index (κ1) is 15.2. The predicted octanol–water partition coefficient (Wildman–Crippen LogP) is 3.17. The molecule has 2 aromatic rings. The minimum absolute atomic E-state index is 0.404. The number of nitrogens with one attached hydrogen (secondary N) is 1. The van der Waals surface area contributed by atoms with Gasteiger partial charge in [0.1, 0.15) is 0 Å². The van der Waals surface area contributed by atoms with Crippen LogP contribution in [-0.4, -0.2) is 21.3 Å². The van der Waals surface area contributed by atoms with Gasteiger partial charge in [0.05, 0.1) is 16.9 Å². The number of hydrogen-bond donors (Lipinski definition) is 1. The van der Waals surface area contributed by atoms with Crippen molar-refractivity contribution in [2.45, 2.75) is 46.1 Å². The Morgan fingerprint density at radius 3 is 2.75 bits per heavy atom. The number of thiazole rings is 1. The van der Waals surface area contributed by atoms with Crippen LogP contribution in [0.2, 0.25) is 0 Å².